The first kappa shape index (κ1) is 16.7. The Morgan fingerprint density at radius 1 is 1.42 bits per heavy atom. The Balaban J connectivity index is 1.77. The number of oxazole rings is 1. The van der Waals surface area contributed by atoms with Crippen LogP contribution in [0.4, 0.5) is 4.39 Å². The van der Waals surface area contributed by atoms with Crippen LogP contribution in [0.25, 0.3) is 0 Å². The molecule has 0 bridgehead atoms. The Morgan fingerprint density at radius 2 is 2.21 bits per heavy atom. The van der Waals surface area contributed by atoms with Gasteiger partial charge in [-0.25, -0.2) is 9.37 Å². The molecule has 4 nitrogen and oxygen atoms in total. The minimum atomic E-state index is -0.281. The predicted molar refractivity (Wildman–Crippen MR) is 89.2 cm³/mol. The van der Waals surface area contributed by atoms with Crippen LogP contribution < -0.4 is 0 Å². The third kappa shape index (κ3) is 3.35. The van der Waals surface area contributed by atoms with Gasteiger partial charge in [-0.15, -0.1) is 0 Å². The SMILES string of the molecule is CCC(=O)N1CCC[C@@](C)(c2ncc(Cc3ccccc3F)o2)C1. The number of benzene rings is 1. The maximum Gasteiger partial charge on any atom is 0.222 e. The summed E-state index contributed by atoms with van der Waals surface area (Å²) in [4.78, 5) is 18.3. The minimum absolute atomic E-state index is 0.166. The molecule has 1 atom stereocenters. The highest BCUT2D eigenvalue weighted by Gasteiger charge is 2.38. The average molecular weight is 330 g/mol. The number of hydrogen-bond acceptors (Lipinski definition) is 3. The molecule has 1 aliphatic rings. The molecule has 1 amide bonds. The van der Waals surface area contributed by atoms with Gasteiger partial charge >= 0.3 is 0 Å². The fourth-order valence-electron chi connectivity index (χ4n) is 3.35. The van der Waals surface area contributed by atoms with Crippen LogP contribution in [-0.2, 0) is 16.6 Å². The van der Waals surface area contributed by atoms with Gasteiger partial charge in [-0.2, -0.15) is 0 Å². The fourth-order valence-corrected chi connectivity index (χ4v) is 3.35. The van der Waals surface area contributed by atoms with E-state index in [9.17, 15) is 9.18 Å². The van der Waals surface area contributed by atoms with E-state index in [2.05, 4.69) is 11.9 Å². The van der Waals surface area contributed by atoms with Gasteiger partial charge in [0.25, 0.3) is 0 Å². The Morgan fingerprint density at radius 3 is 2.96 bits per heavy atom. The van der Waals surface area contributed by atoms with Crippen molar-refractivity contribution in [3.05, 3.63) is 53.5 Å². The first-order valence-electron chi connectivity index (χ1n) is 8.48. The largest absolute Gasteiger partial charge is 0.445 e. The molecule has 128 valence electrons. The zero-order valence-electron chi connectivity index (χ0n) is 14.2. The Labute approximate surface area is 141 Å². The lowest BCUT2D eigenvalue weighted by atomic mass is 9.81. The van der Waals surface area contributed by atoms with Crippen molar-refractivity contribution in [2.24, 2.45) is 0 Å². The average Bonchev–Trinajstić information content (AvgIpc) is 3.06. The lowest BCUT2D eigenvalue weighted by Crippen LogP contribution is -2.47. The van der Waals surface area contributed by atoms with Crippen LogP contribution in [0.3, 0.4) is 0 Å². The highest BCUT2D eigenvalue weighted by atomic mass is 19.1. The second-order valence-electron chi connectivity index (χ2n) is 6.73. The van der Waals surface area contributed by atoms with Gasteiger partial charge in [0.1, 0.15) is 11.6 Å². The van der Waals surface area contributed by atoms with E-state index in [0.717, 1.165) is 19.4 Å². The molecule has 0 aliphatic carbocycles. The molecule has 1 saturated heterocycles. The van der Waals surface area contributed by atoms with Crippen LogP contribution in [0.2, 0.25) is 0 Å². The quantitative estimate of drug-likeness (QED) is 0.859. The van der Waals surface area contributed by atoms with E-state index in [4.69, 9.17) is 4.42 Å². The van der Waals surface area contributed by atoms with Crippen molar-refractivity contribution >= 4 is 5.91 Å². The number of nitrogens with zero attached hydrogens (tertiary/aromatic N) is 2. The van der Waals surface area contributed by atoms with Crippen LogP contribution in [0.15, 0.2) is 34.9 Å². The molecule has 1 fully saturated rings. The summed E-state index contributed by atoms with van der Waals surface area (Å²) in [5.74, 6) is 1.22. The summed E-state index contributed by atoms with van der Waals surface area (Å²) in [6, 6.07) is 6.68. The standard InChI is InChI=1S/C19H23FN2O2/c1-3-17(23)22-10-6-9-19(2,13-22)18-21-12-15(24-18)11-14-7-4-5-8-16(14)20/h4-5,7-8,12H,3,6,9-11,13H2,1-2H3/t19-/m1/s1. The van der Waals surface area contributed by atoms with Gasteiger partial charge in [0.2, 0.25) is 11.8 Å². The van der Waals surface area contributed by atoms with E-state index in [0.29, 0.717) is 36.6 Å². The molecule has 0 radical (unpaired) electrons. The van der Waals surface area contributed by atoms with Gasteiger partial charge in [-0.3, -0.25) is 4.79 Å². The fraction of sp³-hybridized carbons (Fsp3) is 0.474. The smallest absolute Gasteiger partial charge is 0.222 e. The third-order valence-electron chi connectivity index (χ3n) is 4.74. The van der Waals surface area contributed by atoms with E-state index in [1.165, 1.54) is 6.07 Å². The summed E-state index contributed by atoms with van der Waals surface area (Å²) in [5.41, 5.74) is 0.313. The topological polar surface area (TPSA) is 46.3 Å². The number of piperidine rings is 1. The molecule has 1 aliphatic heterocycles. The lowest BCUT2D eigenvalue weighted by Gasteiger charge is -2.38. The van der Waals surface area contributed by atoms with E-state index < -0.39 is 0 Å². The van der Waals surface area contributed by atoms with Gasteiger partial charge in [-0.05, 0) is 31.4 Å². The highest BCUT2D eigenvalue weighted by Crippen LogP contribution is 2.34. The summed E-state index contributed by atoms with van der Waals surface area (Å²) in [5, 5.41) is 0. The van der Waals surface area contributed by atoms with Crippen molar-refractivity contribution in [2.75, 3.05) is 13.1 Å². The molecule has 0 spiro atoms. The number of rotatable bonds is 4. The molecule has 2 aromatic rings. The Kier molecular flexibility index (Phi) is 4.69. The van der Waals surface area contributed by atoms with Crippen LogP contribution in [-0.4, -0.2) is 28.9 Å². The van der Waals surface area contributed by atoms with Crippen LogP contribution in [0, 0.1) is 5.82 Å². The number of aromatic nitrogens is 1. The summed E-state index contributed by atoms with van der Waals surface area (Å²) >= 11 is 0. The number of halogens is 1. The zero-order valence-corrected chi connectivity index (χ0v) is 14.2. The first-order chi connectivity index (χ1) is 11.5. The summed E-state index contributed by atoms with van der Waals surface area (Å²) in [6.45, 7) is 5.39. The number of carbonyl (C=O) groups excluding carboxylic acids is 1. The third-order valence-corrected chi connectivity index (χ3v) is 4.74. The van der Waals surface area contributed by atoms with Crippen molar-refractivity contribution in [3.63, 3.8) is 0 Å². The van der Waals surface area contributed by atoms with E-state index in [-0.39, 0.29) is 17.1 Å². The first-order valence-corrected chi connectivity index (χ1v) is 8.48. The normalized spacial score (nSPS) is 21.0. The van der Waals surface area contributed by atoms with Crippen LogP contribution >= 0.6 is 0 Å². The monoisotopic (exact) mass is 330 g/mol. The Hall–Kier alpha value is -2.17. The molecule has 5 heteroatoms. The molecule has 0 saturated carbocycles. The Bertz CT molecular complexity index is 728. The lowest BCUT2D eigenvalue weighted by molar-refractivity contribution is -0.133. The van der Waals surface area contributed by atoms with Crippen LogP contribution in [0.5, 0.6) is 0 Å². The van der Waals surface area contributed by atoms with Gasteiger partial charge in [0, 0.05) is 25.9 Å². The number of carbonyl (C=O) groups is 1. The second-order valence-corrected chi connectivity index (χ2v) is 6.73. The van der Waals surface area contributed by atoms with Crippen molar-refractivity contribution in [1.82, 2.24) is 9.88 Å². The van der Waals surface area contributed by atoms with Gasteiger partial charge < -0.3 is 9.32 Å². The number of amides is 1. The number of likely N-dealkylation sites (tertiary alicyclic amines) is 1. The van der Waals surface area contributed by atoms with Crippen molar-refractivity contribution in [3.8, 4) is 0 Å². The van der Waals surface area contributed by atoms with E-state index in [1.807, 2.05) is 17.9 Å². The van der Waals surface area contributed by atoms with Crippen molar-refractivity contribution in [1.29, 1.82) is 0 Å². The molecular formula is C19H23FN2O2. The highest BCUT2D eigenvalue weighted by molar-refractivity contribution is 5.76. The van der Waals surface area contributed by atoms with Gasteiger partial charge in [0.05, 0.1) is 11.6 Å². The second kappa shape index (κ2) is 6.75. The summed E-state index contributed by atoms with van der Waals surface area (Å²) < 4.78 is 19.7. The molecule has 1 aromatic carbocycles. The van der Waals surface area contributed by atoms with E-state index >= 15 is 0 Å². The molecule has 0 unspecified atom stereocenters. The zero-order chi connectivity index (χ0) is 17.2. The molecule has 1 aromatic heterocycles. The molecule has 2 heterocycles. The van der Waals surface area contributed by atoms with Gasteiger partial charge in [0.15, 0.2) is 0 Å². The predicted octanol–water partition coefficient (Wildman–Crippen LogP) is 3.69. The van der Waals surface area contributed by atoms with Crippen molar-refractivity contribution < 1.29 is 13.6 Å². The number of hydrogen-bond donors (Lipinski definition) is 0. The maximum absolute atomic E-state index is 13.8. The van der Waals surface area contributed by atoms with Crippen molar-refractivity contribution in [2.45, 2.75) is 44.9 Å². The maximum atomic E-state index is 13.8. The molecule has 3 rings (SSSR count). The van der Waals surface area contributed by atoms with Gasteiger partial charge in [-0.1, -0.05) is 25.1 Å². The van der Waals surface area contributed by atoms with Crippen LogP contribution in [0.1, 0.15) is 50.3 Å². The molecule has 0 N–H and O–H groups in total. The molecule has 24 heavy (non-hydrogen) atoms. The molecular weight excluding hydrogens is 307 g/mol. The summed E-state index contributed by atoms with van der Waals surface area (Å²) in [7, 11) is 0. The van der Waals surface area contributed by atoms with E-state index in [1.54, 1.807) is 18.3 Å². The minimum Gasteiger partial charge on any atom is -0.445 e. The summed E-state index contributed by atoms with van der Waals surface area (Å²) in [6.07, 6.45) is 4.44.